The predicted molar refractivity (Wildman–Crippen MR) is 81.4 cm³/mol. The van der Waals surface area contributed by atoms with Crippen molar-refractivity contribution in [2.75, 3.05) is 13.3 Å². The van der Waals surface area contributed by atoms with Gasteiger partial charge < -0.3 is 4.74 Å². The van der Waals surface area contributed by atoms with Crippen molar-refractivity contribution in [3.05, 3.63) is 65.7 Å². The molecule has 0 spiro atoms. The fourth-order valence-corrected chi connectivity index (χ4v) is 4.12. The fourth-order valence-electron chi connectivity index (χ4n) is 2.45. The number of alkyl halides is 1. The minimum Gasteiger partial charge on any atom is -0.365 e. The van der Waals surface area contributed by atoms with Crippen LogP contribution in [0.25, 0.3) is 0 Å². The molecule has 1 saturated heterocycles. The van der Waals surface area contributed by atoms with Gasteiger partial charge in [0.15, 0.2) is 0 Å². The highest BCUT2D eigenvalue weighted by Crippen LogP contribution is 2.45. The van der Waals surface area contributed by atoms with Gasteiger partial charge in [0, 0.05) is 4.90 Å². The molecule has 1 heterocycles. The SMILES string of the molecule is Cc1ccc(S(=O)[C@H](c2ccccc2)[C@@]2(CF)CO2)cc1. The molecule has 0 aromatic heterocycles. The average Bonchev–Trinajstić information content (AvgIpc) is 3.30. The van der Waals surface area contributed by atoms with Crippen LogP contribution in [0.1, 0.15) is 16.4 Å². The predicted octanol–water partition coefficient (Wildman–Crippen LogP) is 3.58. The Morgan fingerprint density at radius 3 is 2.33 bits per heavy atom. The molecule has 4 heteroatoms. The van der Waals surface area contributed by atoms with Crippen molar-refractivity contribution in [3.63, 3.8) is 0 Å². The van der Waals surface area contributed by atoms with Crippen LogP contribution in [-0.4, -0.2) is 23.1 Å². The highest BCUT2D eigenvalue weighted by atomic mass is 32.2. The first-order valence-corrected chi connectivity index (χ1v) is 8.10. The van der Waals surface area contributed by atoms with Crippen LogP contribution in [0, 0.1) is 6.92 Å². The Bertz CT molecular complexity index is 636. The monoisotopic (exact) mass is 304 g/mol. The summed E-state index contributed by atoms with van der Waals surface area (Å²) in [5, 5.41) is -0.480. The van der Waals surface area contributed by atoms with E-state index in [2.05, 4.69) is 0 Å². The summed E-state index contributed by atoms with van der Waals surface area (Å²) in [5.74, 6) is 0. The van der Waals surface area contributed by atoms with E-state index in [9.17, 15) is 8.60 Å². The highest BCUT2D eigenvalue weighted by Gasteiger charge is 2.55. The normalized spacial score (nSPS) is 23.5. The second-order valence-electron chi connectivity index (χ2n) is 5.39. The van der Waals surface area contributed by atoms with Gasteiger partial charge in [0.05, 0.1) is 22.7 Å². The van der Waals surface area contributed by atoms with Gasteiger partial charge in [0.1, 0.15) is 12.3 Å². The minimum absolute atomic E-state index is 0.320. The molecule has 2 aromatic rings. The number of aryl methyl sites for hydroxylation is 1. The van der Waals surface area contributed by atoms with Crippen LogP contribution in [0.2, 0.25) is 0 Å². The third-order valence-corrected chi connectivity index (χ3v) is 5.66. The van der Waals surface area contributed by atoms with E-state index >= 15 is 0 Å². The maximum atomic E-state index is 13.4. The molecule has 0 aliphatic carbocycles. The molecule has 0 saturated carbocycles. The quantitative estimate of drug-likeness (QED) is 0.790. The standard InChI is InChI=1S/C17H17FO2S/c1-13-7-9-15(10-8-13)21(19)16(17(11-18)12-20-17)14-5-3-2-4-6-14/h2-10,16H,11-12H2,1H3/t16-,17-,21?/m1/s1. The summed E-state index contributed by atoms with van der Waals surface area (Å²) in [4.78, 5) is 0.706. The van der Waals surface area contributed by atoms with Crippen molar-refractivity contribution in [2.24, 2.45) is 0 Å². The van der Waals surface area contributed by atoms with E-state index in [0.717, 1.165) is 11.1 Å². The van der Waals surface area contributed by atoms with Crippen LogP contribution >= 0.6 is 0 Å². The number of ether oxygens (including phenoxy) is 1. The van der Waals surface area contributed by atoms with Crippen molar-refractivity contribution in [1.82, 2.24) is 0 Å². The maximum Gasteiger partial charge on any atom is 0.138 e. The highest BCUT2D eigenvalue weighted by molar-refractivity contribution is 7.85. The molecule has 1 aliphatic rings. The molecule has 2 aromatic carbocycles. The molecular formula is C17H17FO2S. The Morgan fingerprint density at radius 1 is 1.19 bits per heavy atom. The summed E-state index contributed by atoms with van der Waals surface area (Å²) < 4.78 is 31.8. The van der Waals surface area contributed by atoms with Crippen molar-refractivity contribution in [1.29, 1.82) is 0 Å². The molecule has 2 nitrogen and oxygen atoms in total. The van der Waals surface area contributed by atoms with Gasteiger partial charge in [-0.2, -0.15) is 0 Å². The number of rotatable bonds is 5. The largest absolute Gasteiger partial charge is 0.365 e. The smallest absolute Gasteiger partial charge is 0.138 e. The second-order valence-corrected chi connectivity index (χ2v) is 6.93. The lowest BCUT2D eigenvalue weighted by Gasteiger charge is -2.22. The van der Waals surface area contributed by atoms with E-state index < -0.39 is 28.3 Å². The van der Waals surface area contributed by atoms with Gasteiger partial charge in [-0.15, -0.1) is 0 Å². The van der Waals surface area contributed by atoms with Crippen LogP contribution in [0.4, 0.5) is 4.39 Å². The molecule has 21 heavy (non-hydrogen) atoms. The van der Waals surface area contributed by atoms with Gasteiger partial charge in [0.25, 0.3) is 0 Å². The van der Waals surface area contributed by atoms with Crippen LogP contribution < -0.4 is 0 Å². The molecule has 110 valence electrons. The average molecular weight is 304 g/mol. The number of hydrogen-bond acceptors (Lipinski definition) is 2. The van der Waals surface area contributed by atoms with E-state index in [1.54, 1.807) is 0 Å². The zero-order chi connectivity index (χ0) is 14.9. The van der Waals surface area contributed by atoms with Gasteiger partial charge in [-0.1, -0.05) is 48.0 Å². The summed E-state index contributed by atoms with van der Waals surface area (Å²) in [6.07, 6.45) is 0. The molecule has 3 rings (SSSR count). The van der Waals surface area contributed by atoms with E-state index in [1.807, 2.05) is 61.5 Å². The van der Waals surface area contributed by atoms with Gasteiger partial charge in [-0.25, -0.2) is 4.39 Å². The van der Waals surface area contributed by atoms with Gasteiger partial charge >= 0.3 is 0 Å². The van der Waals surface area contributed by atoms with E-state index in [4.69, 9.17) is 4.74 Å². The lowest BCUT2D eigenvalue weighted by Crippen LogP contribution is -2.28. The Kier molecular flexibility index (Phi) is 3.91. The van der Waals surface area contributed by atoms with Crippen molar-refractivity contribution in [2.45, 2.75) is 22.7 Å². The lowest BCUT2D eigenvalue weighted by molar-refractivity contribution is 0.239. The molecule has 1 fully saturated rings. The van der Waals surface area contributed by atoms with Gasteiger partial charge in [0.2, 0.25) is 0 Å². The zero-order valence-electron chi connectivity index (χ0n) is 11.8. The van der Waals surface area contributed by atoms with Crippen LogP contribution in [0.15, 0.2) is 59.5 Å². The summed E-state index contributed by atoms with van der Waals surface area (Å²) in [6, 6.07) is 16.9. The Labute approximate surface area is 126 Å². The number of epoxide rings is 1. The van der Waals surface area contributed by atoms with Crippen LogP contribution in [0.3, 0.4) is 0 Å². The first kappa shape index (κ1) is 14.4. The Balaban J connectivity index is 2.00. The number of benzene rings is 2. The zero-order valence-corrected chi connectivity index (χ0v) is 12.6. The third kappa shape index (κ3) is 2.78. The molecule has 3 atom stereocenters. The van der Waals surface area contributed by atoms with Crippen molar-refractivity contribution < 1.29 is 13.3 Å². The Morgan fingerprint density at radius 2 is 1.81 bits per heavy atom. The molecule has 0 N–H and O–H groups in total. The first-order chi connectivity index (χ1) is 10.2. The first-order valence-electron chi connectivity index (χ1n) is 6.88. The molecule has 0 amide bonds. The molecule has 0 radical (unpaired) electrons. The summed E-state index contributed by atoms with van der Waals surface area (Å²) >= 11 is 0. The van der Waals surface area contributed by atoms with Gasteiger partial charge in [-0.3, -0.25) is 4.21 Å². The topological polar surface area (TPSA) is 29.6 Å². The van der Waals surface area contributed by atoms with E-state index in [0.29, 0.717) is 11.5 Å². The number of halogens is 1. The van der Waals surface area contributed by atoms with Crippen molar-refractivity contribution >= 4 is 10.8 Å². The molecular weight excluding hydrogens is 287 g/mol. The third-order valence-electron chi connectivity index (χ3n) is 3.79. The summed E-state index contributed by atoms with van der Waals surface area (Å²) in [6.45, 7) is 1.68. The minimum atomic E-state index is -1.35. The molecule has 1 unspecified atom stereocenters. The second kappa shape index (κ2) is 5.70. The Hall–Kier alpha value is -1.52. The van der Waals surface area contributed by atoms with E-state index in [1.165, 1.54) is 0 Å². The summed E-state index contributed by atoms with van der Waals surface area (Å²) in [5.41, 5.74) is 1.03. The van der Waals surface area contributed by atoms with E-state index in [-0.39, 0.29) is 0 Å². The van der Waals surface area contributed by atoms with Gasteiger partial charge in [-0.05, 0) is 24.6 Å². The lowest BCUT2D eigenvalue weighted by atomic mass is 10.0. The van der Waals surface area contributed by atoms with Crippen molar-refractivity contribution in [3.8, 4) is 0 Å². The van der Waals surface area contributed by atoms with Crippen LogP contribution in [-0.2, 0) is 15.5 Å². The fraction of sp³-hybridized carbons (Fsp3) is 0.294. The number of hydrogen-bond donors (Lipinski definition) is 0. The van der Waals surface area contributed by atoms with Crippen LogP contribution in [0.5, 0.6) is 0 Å². The maximum absolute atomic E-state index is 13.4. The molecule has 0 bridgehead atoms. The molecule has 1 aliphatic heterocycles. The summed E-state index contributed by atoms with van der Waals surface area (Å²) in [7, 11) is -1.35.